The molecular formula is C10H17NO5. The van der Waals surface area contributed by atoms with Gasteiger partial charge in [-0.05, 0) is 20.8 Å². The Kier molecular flexibility index (Phi) is 3.44. The van der Waals surface area contributed by atoms with Crippen LogP contribution in [0.25, 0.3) is 0 Å². The van der Waals surface area contributed by atoms with Crippen LogP contribution in [0, 0.1) is 0 Å². The Morgan fingerprint density at radius 1 is 1.25 bits per heavy atom. The van der Waals surface area contributed by atoms with Crippen LogP contribution in [0.15, 0.2) is 11.5 Å². The normalized spacial score (nSPS) is 21.8. The minimum Gasteiger partial charge on any atom is -0.493 e. The van der Waals surface area contributed by atoms with Gasteiger partial charge in [0, 0.05) is 0 Å². The van der Waals surface area contributed by atoms with Crippen molar-refractivity contribution in [3.63, 3.8) is 0 Å². The molecule has 1 amide bonds. The molecule has 0 spiro atoms. The molecule has 1 atom stereocenters. The SMILES string of the molecule is COC1=C(OC)C(O)N(OC(C)(C)C)C1=O. The van der Waals surface area contributed by atoms with Gasteiger partial charge in [-0.1, -0.05) is 0 Å². The maximum Gasteiger partial charge on any atom is 0.319 e. The summed E-state index contributed by atoms with van der Waals surface area (Å²) in [5, 5.41) is 10.6. The first-order chi connectivity index (χ1) is 7.31. The Balaban J connectivity index is 2.92. The van der Waals surface area contributed by atoms with Gasteiger partial charge < -0.3 is 14.6 Å². The molecule has 1 aliphatic heterocycles. The molecule has 1 aliphatic rings. The lowest BCUT2D eigenvalue weighted by molar-refractivity contribution is -0.262. The zero-order valence-electron chi connectivity index (χ0n) is 10.1. The van der Waals surface area contributed by atoms with Crippen LogP contribution < -0.4 is 0 Å². The van der Waals surface area contributed by atoms with E-state index in [1.165, 1.54) is 14.2 Å². The number of hydrogen-bond acceptors (Lipinski definition) is 5. The number of carbonyl (C=O) groups is 1. The number of nitrogens with zero attached hydrogens (tertiary/aromatic N) is 1. The van der Waals surface area contributed by atoms with Gasteiger partial charge in [0.15, 0.2) is 5.76 Å². The zero-order chi connectivity index (χ0) is 12.5. The van der Waals surface area contributed by atoms with Crippen molar-refractivity contribution >= 4 is 5.91 Å². The van der Waals surface area contributed by atoms with Gasteiger partial charge in [0.1, 0.15) is 0 Å². The molecule has 1 unspecified atom stereocenters. The van der Waals surface area contributed by atoms with E-state index in [0.29, 0.717) is 0 Å². The maximum atomic E-state index is 11.8. The number of aliphatic hydroxyl groups is 1. The second-order valence-corrected chi connectivity index (χ2v) is 4.31. The second-order valence-electron chi connectivity index (χ2n) is 4.31. The number of ether oxygens (including phenoxy) is 2. The number of amides is 1. The molecule has 6 nitrogen and oxygen atoms in total. The number of methoxy groups -OCH3 is 2. The third-order valence-electron chi connectivity index (χ3n) is 1.87. The highest BCUT2D eigenvalue weighted by Gasteiger charge is 2.43. The summed E-state index contributed by atoms with van der Waals surface area (Å²) in [6, 6.07) is 0. The number of aliphatic hydroxyl groups excluding tert-OH is 1. The Morgan fingerprint density at radius 3 is 2.12 bits per heavy atom. The van der Waals surface area contributed by atoms with E-state index >= 15 is 0 Å². The van der Waals surface area contributed by atoms with Crippen molar-refractivity contribution in [3.8, 4) is 0 Å². The summed E-state index contributed by atoms with van der Waals surface area (Å²) in [4.78, 5) is 17.1. The molecule has 0 aliphatic carbocycles. The van der Waals surface area contributed by atoms with Crippen LogP contribution >= 0.6 is 0 Å². The molecule has 0 aromatic heterocycles. The van der Waals surface area contributed by atoms with E-state index < -0.39 is 17.7 Å². The molecule has 92 valence electrons. The molecular weight excluding hydrogens is 214 g/mol. The average Bonchev–Trinajstić information content (AvgIpc) is 2.39. The summed E-state index contributed by atoms with van der Waals surface area (Å²) in [6.45, 7) is 5.30. The average molecular weight is 231 g/mol. The molecule has 6 heteroatoms. The topological polar surface area (TPSA) is 68.2 Å². The quantitative estimate of drug-likeness (QED) is 0.760. The molecule has 1 heterocycles. The van der Waals surface area contributed by atoms with Gasteiger partial charge in [0.05, 0.1) is 19.8 Å². The van der Waals surface area contributed by atoms with Gasteiger partial charge in [-0.15, -0.1) is 0 Å². The van der Waals surface area contributed by atoms with Crippen molar-refractivity contribution < 1.29 is 24.2 Å². The van der Waals surface area contributed by atoms with Crippen molar-refractivity contribution in [2.45, 2.75) is 32.6 Å². The van der Waals surface area contributed by atoms with Crippen molar-refractivity contribution in [2.24, 2.45) is 0 Å². The van der Waals surface area contributed by atoms with Crippen molar-refractivity contribution in [1.29, 1.82) is 0 Å². The van der Waals surface area contributed by atoms with Crippen molar-refractivity contribution in [3.05, 3.63) is 11.5 Å². The molecule has 0 aromatic carbocycles. The van der Waals surface area contributed by atoms with E-state index in [0.717, 1.165) is 5.06 Å². The lowest BCUT2D eigenvalue weighted by atomic mass is 10.2. The van der Waals surface area contributed by atoms with Crippen molar-refractivity contribution in [2.75, 3.05) is 14.2 Å². The molecule has 1 N–H and O–H groups in total. The van der Waals surface area contributed by atoms with Crippen LogP contribution in [0.2, 0.25) is 0 Å². The van der Waals surface area contributed by atoms with Crippen LogP contribution in [0.1, 0.15) is 20.8 Å². The number of hydrogen-bond donors (Lipinski definition) is 1. The fourth-order valence-electron chi connectivity index (χ4n) is 1.31. The Hall–Kier alpha value is -1.27. The van der Waals surface area contributed by atoms with Gasteiger partial charge in [-0.2, -0.15) is 5.06 Å². The molecule has 0 saturated carbocycles. The Bertz CT molecular complexity index is 318. The molecule has 0 fully saturated rings. The fraction of sp³-hybridized carbons (Fsp3) is 0.700. The minimum absolute atomic E-state index is 0.0424. The first kappa shape index (κ1) is 12.8. The van der Waals surface area contributed by atoms with Gasteiger partial charge in [0.25, 0.3) is 0 Å². The summed E-state index contributed by atoms with van der Waals surface area (Å²) in [5.74, 6) is -0.544. The smallest absolute Gasteiger partial charge is 0.319 e. The van der Waals surface area contributed by atoms with Crippen LogP contribution in [-0.4, -0.2) is 42.1 Å². The van der Waals surface area contributed by atoms with E-state index in [-0.39, 0.29) is 11.5 Å². The maximum absolute atomic E-state index is 11.8. The largest absolute Gasteiger partial charge is 0.493 e. The molecule has 0 saturated heterocycles. The summed E-state index contributed by atoms with van der Waals surface area (Å²) in [5.41, 5.74) is -0.599. The first-order valence-electron chi connectivity index (χ1n) is 4.84. The predicted octanol–water partition coefficient (Wildman–Crippen LogP) is 0.381. The van der Waals surface area contributed by atoms with E-state index in [2.05, 4.69) is 0 Å². The molecule has 0 bridgehead atoms. The zero-order valence-corrected chi connectivity index (χ0v) is 10.1. The highest BCUT2D eigenvalue weighted by molar-refractivity contribution is 5.94. The molecule has 0 radical (unpaired) electrons. The first-order valence-corrected chi connectivity index (χ1v) is 4.84. The Morgan fingerprint density at radius 2 is 1.81 bits per heavy atom. The standard InChI is InChI=1S/C10H17NO5/c1-10(2,3)16-11-8(12)6(14-4)7(15-5)9(11)13/h8,12H,1-5H3. The van der Waals surface area contributed by atoms with E-state index in [1.807, 2.05) is 0 Å². The van der Waals surface area contributed by atoms with Gasteiger partial charge >= 0.3 is 5.91 Å². The second kappa shape index (κ2) is 4.31. The number of carbonyl (C=O) groups excluding carboxylic acids is 1. The Labute approximate surface area is 94.3 Å². The summed E-state index contributed by atoms with van der Waals surface area (Å²) in [7, 11) is 2.69. The molecule has 0 aromatic rings. The highest BCUT2D eigenvalue weighted by atomic mass is 16.7. The third kappa shape index (κ3) is 2.28. The molecule has 16 heavy (non-hydrogen) atoms. The highest BCUT2D eigenvalue weighted by Crippen LogP contribution is 2.28. The monoisotopic (exact) mass is 231 g/mol. The van der Waals surface area contributed by atoms with Crippen LogP contribution in [-0.2, 0) is 19.1 Å². The number of hydroxylamine groups is 2. The van der Waals surface area contributed by atoms with E-state index in [9.17, 15) is 9.90 Å². The van der Waals surface area contributed by atoms with Crippen LogP contribution in [0.3, 0.4) is 0 Å². The van der Waals surface area contributed by atoms with E-state index in [1.54, 1.807) is 20.8 Å². The van der Waals surface area contributed by atoms with Gasteiger partial charge in [-0.3, -0.25) is 9.63 Å². The van der Waals surface area contributed by atoms with Crippen LogP contribution in [0.5, 0.6) is 0 Å². The lowest BCUT2D eigenvalue weighted by Gasteiger charge is -2.28. The van der Waals surface area contributed by atoms with Crippen molar-refractivity contribution in [1.82, 2.24) is 5.06 Å². The predicted molar refractivity (Wildman–Crippen MR) is 54.7 cm³/mol. The fourth-order valence-corrected chi connectivity index (χ4v) is 1.31. The minimum atomic E-state index is -1.27. The van der Waals surface area contributed by atoms with Gasteiger partial charge in [0.2, 0.25) is 12.0 Å². The molecule has 1 rings (SSSR count). The van der Waals surface area contributed by atoms with Crippen LogP contribution in [0.4, 0.5) is 0 Å². The summed E-state index contributed by atoms with van der Waals surface area (Å²) >= 11 is 0. The number of rotatable bonds is 3. The summed E-state index contributed by atoms with van der Waals surface area (Å²) < 4.78 is 9.77. The van der Waals surface area contributed by atoms with Gasteiger partial charge in [-0.25, -0.2) is 0 Å². The lowest BCUT2D eigenvalue weighted by Crippen LogP contribution is -2.41. The third-order valence-corrected chi connectivity index (χ3v) is 1.87. The summed E-state index contributed by atoms with van der Waals surface area (Å²) in [6.07, 6.45) is -1.27. The van der Waals surface area contributed by atoms with E-state index in [4.69, 9.17) is 14.3 Å².